The quantitative estimate of drug-likeness (QED) is 0.730. The first-order valence-corrected chi connectivity index (χ1v) is 9.70. The van der Waals surface area contributed by atoms with Crippen LogP contribution in [0.25, 0.3) is 0 Å². The van der Waals surface area contributed by atoms with E-state index in [9.17, 15) is 18.8 Å². The van der Waals surface area contributed by atoms with Gasteiger partial charge in [-0.1, -0.05) is 41.9 Å². The first kappa shape index (κ1) is 18.2. The van der Waals surface area contributed by atoms with Crippen LogP contribution in [0.5, 0.6) is 0 Å². The third-order valence-electron chi connectivity index (χ3n) is 5.98. The van der Waals surface area contributed by atoms with E-state index in [1.54, 1.807) is 36.4 Å². The number of hydrogen-bond acceptors (Lipinski definition) is 4. The van der Waals surface area contributed by atoms with E-state index in [0.717, 1.165) is 0 Å². The number of para-hydroxylation sites is 1. The first-order valence-electron chi connectivity index (χ1n) is 9.32. The summed E-state index contributed by atoms with van der Waals surface area (Å²) < 4.78 is 13.4. The summed E-state index contributed by atoms with van der Waals surface area (Å²) in [5.41, 5.74) is 1.16. The monoisotopic (exact) mass is 410 g/mol. The lowest BCUT2D eigenvalue weighted by atomic mass is 9.90. The molecule has 29 heavy (non-hydrogen) atoms. The normalized spacial score (nSPS) is 28.3. The van der Waals surface area contributed by atoms with Crippen LogP contribution in [0.2, 0.25) is 5.02 Å². The predicted molar refractivity (Wildman–Crippen MR) is 105 cm³/mol. The molecule has 3 aliphatic rings. The summed E-state index contributed by atoms with van der Waals surface area (Å²) in [5, 5.41) is 0.250. The summed E-state index contributed by atoms with van der Waals surface area (Å²) in [6, 6.07) is 11.7. The van der Waals surface area contributed by atoms with Gasteiger partial charge in [-0.3, -0.25) is 19.3 Å². The van der Waals surface area contributed by atoms with Crippen molar-refractivity contribution in [2.75, 3.05) is 4.90 Å². The van der Waals surface area contributed by atoms with Crippen molar-refractivity contribution >= 4 is 34.9 Å². The Bertz CT molecular complexity index is 1070. The van der Waals surface area contributed by atoms with E-state index < -0.39 is 29.7 Å². The van der Waals surface area contributed by atoms with Gasteiger partial charge in [-0.05, 0) is 35.9 Å². The van der Waals surface area contributed by atoms with E-state index in [1.165, 1.54) is 23.1 Å². The molecule has 2 fully saturated rings. The molecule has 7 heteroatoms. The lowest BCUT2D eigenvalue weighted by molar-refractivity contribution is -0.129. The van der Waals surface area contributed by atoms with Crippen molar-refractivity contribution in [3.8, 4) is 0 Å². The number of halogens is 2. The number of imide groups is 1. The van der Waals surface area contributed by atoms with Crippen LogP contribution in [0.15, 0.2) is 60.7 Å². The maximum absolute atomic E-state index is 13.4. The van der Waals surface area contributed by atoms with Gasteiger partial charge in [0.05, 0.1) is 23.6 Å². The van der Waals surface area contributed by atoms with Gasteiger partial charge in [-0.25, -0.2) is 9.29 Å². The molecule has 0 radical (unpaired) electrons. The molecule has 0 N–H and O–H groups in total. The Labute approximate surface area is 171 Å². The maximum Gasteiger partial charge on any atom is 0.239 e. The van der Waals surface area contributed by atoms with Crippen LogP contribution in [-0.2, 0) is 20.9 Å². The van der Waals surface area contributed by atoms with Crippen molar-refractivity contribution in [3.63, 3.8) is 0 Å². The summed E-state index contributed by atoms with van der Waals surface area (Å²) in [7, 11) is 0. The van der Waals surface area contributed by atoms with Crippen LogP contribution in [0.3, 0.4) is 0 Å². The molecule has 3 aliphatic heterocycles. The molecule has 2 saturated heterocycles. The first-order chi connectivity index (χ1) is 14.0. The minimum absolute atomic E-state index is 0.206. The van der Waals surface area contributed by atoms with Gasteiger partial charge in [0.15, 0.2) is 5.78 Å². The van der Waals surface area contributed by atoms with Crippen LogP contribution >= 0.6 is 11.6 Å². The zero-order chi connectivity index (χ0) is 20.3. The van der Waals surface area contributed by atoms with Crippen molar-refractivity contribution in [2.45, 2.75) is 18.6 Å². The molecular weight excluding hydrogens is 395 g/mol. The third-order valence-corrected chi connectivity index (χ3v) is 6.33. The summed E-state index contributed by atoms with van der Waals surface area (Å²) in [5.74, 6) is -2.68. The van der Waals surface area contributed by atoms with E-state index in [4.69, 9.17) is 11.6 Å². The van der Waals surface area contributed by atoms with Crippen molar-refractivity contribution < 1.29 is 18.8 Å². The van der Waals surface area contributed by atoms with Gasteiger partial charge in [-0.15, -0.1) is 0 Å². The van der Waals surface area contributed by atoms with E-state index in [1.807, 2.05) is 11.0 Å². The Morgan fingerprint density at radius 3 is 2.41 bits per heavy atom. The number of anilines is 1. The van der Waals surface area contributed by atoms with Gasteiger partial charge in [0, 0.05) is 17.6 Å². The number of fused-ring (bicyclic) bond motifs is 5. The largest absolute Gasteiger partial charge is 0.293 e. The number of benzene rings is 2. The molecule has 0 spiro atoms. The number of nitrogens with zero attached hydrogens (tertiary/aromatic N) is 2. The third kappa shape index (κ3) is 2.67. The Morgan fingerprint density at radius 2 is 1.69 bits per heavy atom. The average molecular weight is 411 g/mol. The van der Waals surface area contributed by atoms with E-state index in [-0.39, 0.29) is 29.2 Å². The molecule has 0 saturated carbocycles. The molecule has 2 bridgehead atoms. The Morgan fingerprint density at radius 1 is 0.966 bits per heavy atom. The highest BCUT2D eigenvalue weighted by Gasteiger charge is 2.64. The highest BCUT2D eigenvalue weighted by atomic mass is 35.5. The Hall–Kier alpha value is -2.83. The Balaban J connectivity index is 1.52. The van der Waals surface area contributed by atoms with E-state index in [0.29, 0.717) is 11.3 Å². The summed E-state index contributed by atoms with van der Waals surface area (Å²) in [4.78, 5) is 42.2. The van der Waals surface area contributed by atoms with Gasteiger partial charge in [-0.2, -0.15) is 0 Å². The van der Waals surface area contributed by atoms with Crippen molar-refractivity contribution in [1.82, 2.24) is 4.90 Å². The highest BCUT2D eigenvalue weighted by molar-refractivity contribution is 6.31. The van der Waals surface area contributed by atoms with Gasteiger partial charge < -0.3 is 0 Å². The number of carbonyl (C=O) groups excluding carboxylic acids is 3. The molecule has 4 atom stereocenters. The zero-order valence-corrected chi connectivity index (χ0v) is 15.9. The number of amides is 2. The number of rotatable bonds is 3. The second-order valence-corrected chi connectivity index (χ2v) is 7.91. The second kappa shape index (κ2) is 6.61. The van der Waals surface area contributed by atoms with E-state index in [2.05, 4.69) is 0 Å². The van der Waals surface area contributed by atoms with Crippen molar-refractivity contribution in [3.05, 3.63) is 77.1 Å². The fraction of sp³-hybridized carbons (Fsp3) is 0.227. The molecule has 5 nitrogen and oxygen atoms in total. The second-order valence-electron chi connectivity index (χ2n) is 7.50. The standard InChI is InChI=1S/C22H16ClFN2O3/c23-15-10-13(24)7-6-12(15)11-25-16-8-9-17(27)20(25)19-18(16)21(28)26(22(19)29)14-4-2-1-3-5-14/h1-10,16,18-20H,11H2/t16?,18-,19-,20?/m0/s1. The van der Waals surface area contributed by atoms with Crippen LogP contribution in [0.1, 0.15) is 5.56 Å². The summed E-state index contributed by atoms with van der Waals surface area (Å²) in [6.45, 7) is 0.253. The minimum atomic E-state index is -0.741. The molecule has 3 heterocycles. The van der Waals surface area contributed by atoms with Crippen molar-refractivity contribution in [2.24, 2.45) is 11.8 Å². The van der Waals surface area contributed by atoms with Gasteiger partial charge in [0.2, 0.25) is 11.8 Å². The lowest BCUT2D eigenvalue weighted by Gasteiger charge is -2.33. The predicted octanol–water partition coefficient (Wildman–Crippen LogP) is 2.98. The van der Waals surface area contributed by atoms with Crippen LogP contribution in [-0.4, -0.2) is 34.6 Å². The lowest BCUT2D eigenvalue weighted by Crippen LogP contribution is -2.48. The highest BCUT2D eigenvalue weighted by Crippen LogP contribution is 2.47. The maximum atomic E-state index is 13.4. The number of hydrogen-bond donors (Lipinski definition) is 0. The SMILES string of the molecule is O=C1C=CC2[C@@H]3C(=O)N(c4ccccc4)C(=O)[C@@H]3C1N2Cc1ccc(F)cc1Cl. The topological polar surface area (TPSA) is 57.7 Å². The smallest absolute Gasteiger partial charge is 0.239 e. The fourth-order valence-electron chi connectivity index (χ4n) is 4.75. The molecular formula is C22H16ClFN2O3. The molecule has 2 amide bonds. The molecule has 0 aromatic heterocycles. The summed E-state index contributed by atoms with van der Waals surface area (Å²) in [6.07, 6.45) is 3.16. The summed E-state index contributed by atoms with van der Waals surface area (Å²) >= 11 is 6.17. The molecule has 2 aromatic rings. The Kier molecular flexibility index (Phi) is 4.15. The molecule has 5 rings (SSSR count). The molecule has 2 unspecified atom stereocenters. The average Bonchev–Trinajstić information content (AvgIpc) is 3.09. The van der Waals surface area contributed by atoms with Gasteiger partial charge in [0.25, 0.3) is 0 Å². The molecule has 0 aliphatic carbocycles. The van der Waals surface area contributed by atoms with E-state index >= 15 is 0 Å². The van der Waals surface area contributed by atoms with Crippen molar-refractivity contribution in [1.29, 1.82) is 0 Å². The van der Waals surface area contributed by atoms with Gasteiger partial charge >= 0.3 is 0 Å². The zero-order valence-electron chi connectivity index (χ0n) is 15.2. The molecule has 2 aromatic carbocycles. The van der Waals surface area contributed by atoms with Gasteiger partial charge in [0.1, 0.15) is 5.82 Å². The number of carbonyl (C=O) groups is 3. The van der Waals surface area contributed by atoms with Crippen LogP contribution in [0.4, 0.5) is 10.1 Å². The van der Waals surface area contributed by atoms with Crippen LogP contribution < -0.4 is 4.90 Å². The minimum Gasteiger partial charge on any atom is -0.293 e. The van der Waals surface area contributed by atoms with Crippen LogP contribution in [0, 0.1) is 17.7 Å². The molecule has 146 valence electrons. The fourth-order valence-corrected chi connectivity index (χ4v) is 4.97. The number of ketones is 1.